The Morgan fingerprint density at radius 2 is 2.17 bits per heavy atom. The van der Waals surface area contributed by atoms with E-state index in [1.54, 1.807) is 0 Å². The fourth-order valence-electron chi connectivity index (χ4n) is 1.14. The van der Waals surface area contributed by atoms with Crippen LogP contribution in [0.5, 0.6) is 0 Å². The van der Waals surface area contributed by atoms with Crippen LogP contribution in [0.2, 0.25) is 0 Å². The second-order valence-electron chi connectivity index (χ2n) is 2.76. The Labute approximate surface area is 90.9 Å². The first kappa shape index (κ1) is 10.7. The molecule has 0 aromatic carbocycles. The fourth-order valence-corrected chi connectivity index (χ4v) is 3.24. The molecule has 2 unspecified atom stereocenters. The zero-order valence-electron chi connectivity index (χ0n) is 6.40. The molecule has 0 aromatic rings. The van der Waals surface area contributed by atoms with Crippen molar-refractivity contribution in [2.45, 2.75) is 4.33 Å². The molecule has 0 amide bonds. The van der Waals surface area contributed by atoms with Gasteiger partial charge in [-0.2, -0.15) is 0 Å². The number of ether oxygens (including phenoxy) is 1. The molecular weight excluding hydrogens is 263 g/mol. The summed E-state index contributed by atoms with van der Waals surface area (Å²) >= 11 is 15.2. The zero-order valence-corrected chi connectivity index (χ0v) is 9.49. The van der Waals surface area contributed by atoms with E-state index in [4.69, 9.17) is 34.4 Å². The van der Waals surface area contributed by atoms with E-state index in [2.05, 4.69) is 21.9 Å². The third-order valence-corrected chi connectivity index (χ3v) is 3.83. The van der Waals surface area contributed by atoms with Crippen LogP contribution in [0, 0.1) is 24.2 Å². The van der Waals surface area contributed by atoms with Crippen LogP contribution < -0.4 is 0 Å². The van der Waals surface area contributed by atoms with Crippen molar-refractivity contribution in [3.63, 3.8) is 0 Å². The SMILES string of the molecule is C#CCOCC1C(CBr)C1(Cl)Cl. The number of rotatable bonds is 4. The summed E-state index contributed by atoms with van der Waals surface area (Å²) in [5.41, 5.74) is 0. The van der Waals surface area contributed by atoms with Gasteiger partial charge in [-0.05, 0) is 0 Å². The molecule has 4 heteroatoms. The van der Waals surface area contributed by atoms with Gasteiger partial charge in [0.15, 0.2) is 0 Å². The highest BCUT2D eigenvalue weighted by molar-refractivity contribution is 9.09. The molecule has 0 saturated heterocycles. The van der Waals surface area contributed by atoms with Gasteiger partial charge in [-0.1, -0.05) is 21.9 Å². The Morgan fingerprint density at radius 3 is 2.58 bits per heavy atom. The maximum Gasteiger partial charge on any atom is 0.127 e. The topological polar surface area (TPSA) is 9.23 Å². The summed E-state index contributed by atoms with van der Waals surface area (Å²) in [6.07, 6.45) is 5.02. The molecule has 12 heavy (non-hydrogen) atoms. The first-order valence-corrected chi connectivity index (χ1v) is 5.47. The van der Waals surface area contributed by atoms with Gasteiger partial charge in [0.25, 0.3) is 0 Å². The quantitative estimate of drug-likeness (QED) is 0.434. The maximum atomic E-state index is 5.96. The van der Waals surface area contributed by atoms with Crippen molar-refractivity contribution in [3.05, 3.63) is 0 Å². The summed E-state index contributed by atoms with van der Waals surface area (Å²) in [6.45, 7) is 0.878. The molecule has 0 bridgehead atoms. The summed E-state index contributed by atoms with van der Waals surface area (Å²) in [6, 6.07) is 0. The number of hydrogen-bond donors (Lipinski definition) is 0. The van der Waals surface area contributed by atoms with Crippen molar-refractivity contribution < 1.29 is 4.74 Å². The van der Waals surface area contributed by atoms with Gasteiger partial charge in [0, 0.05) is 17.2 Å². The molecule has 0 heterocycles. The Hall–Kier alpha value is 0.580. The van der Waals surface area contributed by atoms with Crippen LogP contribution in [0.3, 0.4) is 0 Å². The van der Waals surface area contributed by atoms with Crippen molar-refractivity contribution in [2.75, 3.05) is 18.5 Å². The average molecular weight is 272 g/mol. The molecular formula is C8H9BrCl2O. The molecule has 0 spiro atoms. The maximum absolute atomic E-state index is 5.96. The van der Waals surface area contributed by atoms with E-state index in [0.717, 1.165) is 5.33 Å². The highest BCUT2D eigenvalue weighted by Gasteiger charge is 2.62. The summed E-state index contributed by atoms with van der Waals surface area (Å²) in [5.74, 6) is 2.90. The van der Waals surface area contributed by atoms with Gasteiger partial charge in [-0.3, -0.25) is 0 Å². The second-order valence-corrected chi connectivity index (χ2v) is 4.85. The van der Waals surface area contributed by atoms with Crippen LogP contribution in [-0.2, 0) is 4.74 Å². The highest BCUT2D eigenvalue weighted by Crippen LogP contribution is 2.59. The summed E-state index contributed by atoms with van der Waals surface area (Å²) in [5, 5.41) is 0.810. The molecule has 0 N–H and O–H groups in total. The van der Waals surface area contributed by atoms with Gasteiger partial charge in [0.1, 0.15) is 10.9 Å². The molecule has 1 rings (SSSR count). The van der Waals surface area contributed by atoms with Gasteiger partial charge in [0.2, 0.25) is 0 Å². The lowest BCUT2D eigenvalue weighted by atomic mass is 10.4. The van der Waals surface area contributed by atoms with Crippen LogP contribution in [0.15, 0.2) is 0 Å². The number of terminal acetylenes is 1. The molecule has 1 fully saturated rings. The Balaban J connectivity index is 2.24. The first-order valence-electron chi connectivity index (χ1n) is 3.59. The zero-order chi connectivity index (χ0) is 9.19. The lowest BCUT2D eigenvalue weighted by Gasteiger charge is -1.98. The van der Waals surface area contributed by atoms with Crippen LogP contribution in [0.1, 0.15) is 0 Å². The number of hydrogen-bond acceptors (Lipinski definition) is 1. The van der Waals surface area contributed by atoms with E-state index < -0.39 is 4.33 Å². The van der Waals surface area contributed by atoms with Gasteiger partial charge in [0.05, 0.1) is 6.61 Å². The van der Waals surface area contributed by atoms with E-state index in [-0.39, 0.29) is 5.92 Å². The molecule has 0 aliphatic heterocycles. The van der Waals surface area contributed by atoms with E-state index in [1.807, 2.05) is 0 Å². The molecule has 0 aromatic heterocycles. The predicted octanol–water partition coefficient (Wildman–Crippen LogP) is 2.45. The predicted molar refractivity (Wildman–Crippen MR) is 54.9 cm³/mol. The van der Waals surface area contributed by atoms with Gasteiger partial charge >= 0.3 is 0 Å². The lowest BCUT2D eigenvalue weighted by Crippen LogP contribution is -2.01. The van der Waals surface area contributed by atoms with E-state index in [9.17, 15) is 0 Å². The minimum Gasteiger partial charge on any atom is -0.368 e. The lowest BCUT2D eigenvalue weighted by molar-refractivity contribution is 0.152. The van der Waals surface area contributed by atoms with E-state index >= 15 is 0 Å². The highest BCUT2D eigenvalue weighted by atomic mass is 79.9. The molecule has 2 atom stereocenters. The standard InChI is InChI=1S/C8H9BrCl2O/c1-2-3-12-5-7-6(4-9)8(7,10)11/h1,6-7H,3-5H2. The van der Waals surface area contributed by atoms with Crippen molar-refractivity contribution in [2.24, 2.45) is 11.8 Å². The molecule has 1 aliphatic rings. The van der Waals surface area contributed by atoms with Crippen molar-refractivity contribution in [3.8, 4) is 12.3 Å². The normalized spacial score (nSPS) is 31.2. The van der Waals surface area contributed by atoms with Crippen LogP contribution in [0.4, 0.5) is 0 Å². The number of alkyl halides is 3. The molecule has 0 radical (unpaired) electrons. The monoisotopic (exact) mass is 270 g/mol. The fraction of sp³-hybridized carbons (Fsp3) is 0.750. The first-order chi connectivity index (χ1) is 5.64. The van der Waals surface area contributed by atoms with Crippen molar-refractivity contribution in [1.82, 2.24) is 0 Å². The Kier molecular flexibility index (Phi) is 3.73. The van der Waals surface area contributed by atoms with E-state index in [0.29, 0.717) is 19.1 Å². The minimum atomic E-state index is -0.613. The van der Waals surface area contributed by atoms with Gasteiger partial charge in [-0.25, -0.2) is 0 Å². The summed E-state index contributed by atoms with van der Waals surface area (Å²) < 4.78 is 4.54. The van der Waals surface area contributed by atoms with Crippen LogP contribution in [-0.4, -0.2) is 22.9 Å². The van der Waals surface area contributed by atoms with Crippen LogP contribution in [0.25, 0.3) is 0 Å². The largest absolute Gasteiger partial charge is 0.368 e. The number of halogens is 3. The third-order valence-electron chi connectivity index (χ3n) is 2.01. The van der Waals surface area contributed by atoms with E-state index in [1.165, 1.54) is 0 Å². The summed E-state index contributed by atoms with van der Waals surface area (Å²) in [4.78, 5) is 0. The molecule has 1 aliphatic carbocycles. The summed E-state index contributed by atoms with van der Waals surface area (Å²) in [7, 11) is 0. The van der Waals surface area contributed by atoms with Gasteiger partial charge in [-0.15, -0.1) is 29.6 Å². The Morgan fingerprint density at radius 1 is 1.50 bits per heavy atom. The van der Waals surface area contributed by atoms with Crippen LogP contribution >= 0.6 is 39.1 Å². The smallest absolute Gasteiger partial charge is 0.127 e. The molecule has 1 nitrogen and oxygen atoms in total. The molecule has 68 valence electrons. The molecule has 1 saturated carbocycles. The minimum absolute atomic E-state index is 0.216. The third kappa shape index (κ3) is 2.09. The van der Waals surface area contributed by atoms with Crippen molar-refractivity contribution in [1.29, 1.82) is 0 Å². The average Bonchev–Trinajstić information content (AvgIpc) is 2.54. The van der Waals surface area contributed by atoms with Gasteiger partial charge < -0.3 is 4.74 Å². The van der Waals surface area contributed by atoms with Crippen molar-refractivity contribution >= 4 is 39.1 Å². The second kappa shape index (κ2) is 4.19. The Bertz CT molecular complexity index is 200.